The van der Waals surface area contributed by atoms with Gasteiger partial charge in [-0.15, -0.1) is 0 Å². The summed E-state index contributed by atoms with van der Waals surface area (Å²) in [4.78, 5) is 0. The molecule has 1 aliphatic rings. The molecule has 0 spiro atoms. The van der Waals surface area contributed by atoms with Crippen LogP contribution < -0.4 is 5.32 Å². The molecule has 0 aliphatic carbocycles. The van der Waals surface area contributed by atoms with Crippen LogP contribution in [0.5, 0.6) is 0 Å². The Kier molecular flexibility index (Phi) is 4.00. The van der Waals surface area contributed by atoms with Gasteiger partial charge in [0, 0.05) is 6.54 Å². The lowest BCUT2D eigenvalue weighted by atomic mass is 9.87. The molecule has 112 valence electrons. The minimum atomic E-state index is -4.64. The Morgan fingerprint density at radius 3 is 2.20 bits per heavy atom. The number of nitrogens with one attached hydrogen (secondary N) is 1. The molecule has 1 heterocycles. The largest absolute Gasteiger partial charge is 0.416 e. The summed E-state index contributed by atoms with van der Waals surface area (Å²) in [5, 5.41) is 2.92. The molecule has 0 amide bonds. The molecule has 1 saturated heterocycles. The van der Waals surface area contributed by atoms with E-state index in [2.05, 4.69) is 5.32 Å². The smallest absolute Gasteiger partial charge is 0.316 e. The second-order valence-corrected chi connectivity index (χ2v) is 4.84. The van der Waals surface area contributed by atoms with Gasteiger partial charge in [0.1, 0.15) is 0 Å². The fraction of sp³-hybridized carbons (Fsp3) is 0.538. The fourth-order valence-corrected chi connectivity index (χ4v) is 2.45. The van der Waals surface area contributed by atoms with Gasteiger partial charge in [0.05, 0.1) is 11.1 Å². The van der Waals surface area contributed by atoms with Crippen molar-refractivity contribution in [3.05, 3.63) is 34.9 Å². The lowest BCUT2D eigenvalue weighted by Crippen LogP contribution is -2.30. The van der Waals surface area contributed by atoms with Crippen LogP contribution in [-0.4, -0.2) is 13.1 Å². The van der Waals surface area contributed by atoms with E-state index in [1.54, 1.807) is 0 Å². The van der Waals surface area contributed by atoms with Crippen molar-refractivity contribution in [2.75, 3.05) is 13.1 Å². The zero-order valence-corrected chi connectivity index (χ0v) is 10.4. The van der Waals surface area contributed by atoms with E-state index < -0.39 is 29.4 Å². The van der Waals surface area contributed by atoms with E-state index in [4.69, 9.17) is 0 Å². The molecule has 1 N–H and O–H groups in total. The van der Waals surface area contributed by atoms with Crippen molar-refractivity contribution in [2.24, 2.45) is 0 Å². The molecule has 0 saturated carbocycles. The summed E-state index contributed by atoms with van der Waals surface area (Å²) in [6.07, 6.45) is -8.17. The average molecular weight is 297 g/mol. The van der Waals surface area contributed by atoms with Crippen molar-refractivity contribution in [3.8, 4) is 0 Å². The van der Waals surface area contributed by atoms with Gasteiger partial charge < -0.3 is 5.32 Å². The molecule has 1 nitrogen and oxygen atoms in total. The van der Waals surface area contributed by atoms with Crippen LogP contribution in [0.3, 0.4) is 0 Å². The Hall–Kier alpha value is -1.24. The average Bonchev–Trinajstić information content (AvgIpc) is 2.37. The highest BCUT2D eigenvalue weighted by molar-refractivity contribution is 5.38. The summed E-state index contributed by atoms with van der Waals surface area (Å²) in [5.74, 6) is -0.539. The number of piperidine rings is 1. The van der Waals surface area contributed by atoms with Gasteiger partial charge in [-0.25, -0.2) is 0 Å². The molecule has 1 aromatic rings. The molecule has 1 unspecified atom stereocenters. The predicted molar refractivity (Wildman–Crippen MR) is 61.3 cm³/mol. The number of hydrogen-bond donors (Lipinski definition) is 1. The predicted octanol–water partition coefficient (Wildman–Crippen LogP) is 4.19. The van der Waals surface area contributed by atoms with E-state index in [0.717, 1.165) is 0 Å². The van der Waals surface area contributed by atoms with Crippen LogP contribution in [0.15, 0.2) is 18.2 Å². The molecule has 0 radical (unpaired) electrons. The van der Waals surface area contributed by atoms with E-state index in [0.29, 0.717) is 37.6 Å². The second-order valence-electron chi connectivity index (χ2n) is 4.84. The number of hydrogen-bond acceptors (Lipinski definition) is 1. The van der Waals surface area contributed by atoms with Gasteiger partial charge >= 0.3 is 12.4 Å². The third-order valence-electron chi connectivity index (χ3n) is 3.42. The molecule has 1 atom stereocenters. The van der Waals surface area contributed by atoms with Crippen LogP contribution in [0.1, 0.15) is 35.4 Å². The summed E-state index contributed by atoms with van der Waals surface area (Å²) < 4.78 is 76.8. The van der Waals surface area contributed by atoms with Gasteiger partial charge in [0.2, 0.25) is 0 Å². The Balaban J connectivity index is 2.48. The normalized spacial score (nSPS) is 21.0. The van der Waals surface area contributed by atoms with Crippen LogP contribution in [-0.2, 0) is 12.4 Å². The van der Waals surface area contributed by atoms with E-state index in [1.165, 1.54) is 0 Å². The van der Waals surface area contributed by atoms with Crippen molar-refractivity contribution in [1.82, 2.24) is 5.32 Å². The van der Waals surface area contributed by atoms with Crippen LogP contribution in [0.2, 0.25) is 0 Å². The van der Waals surface area contributed by atoms with Gasteiger partial charge in [-0.3, -0.25) is 0 Å². The molecular formula is C13H13F6N. The summed E-state index contributed by atoms with van der Waals surface area (Å²) in [7, 11) is 0. The van der Waals surface area contributed by atoms with Crippen LogP contribution in [0, 0.1) is 0 Å². The quantitative estimate of drug-likeness (QED) is 0.766. The summed E-state index contributed by atoms with van der Waals surface area (Å²) in [5.41, 5.74) is -2.27. The summed E-state index contributed by atoms with van der Waals surface area (Å²) in [6.45, 7) is 0.946. The molecule has 1 aliphatic heterocycles. The summed E-state index contributed by atoms with van der Waals surface area (Å²) in [6, 6.07) is 1.66. The van der Waals surface area contributed by atoms with Crippen LogP contribution in [0.4, 0.5) is 26.3 Å². The lowest BCUT2D eigenvalue weighted by molar-refractivity contribution is -0.142. The van der Waals surface area contributed by atoms with Crippen molar-refractivity contribution in [2.45, 2.75) is 31.1 Å². The van der Waals surface area contributed by atoms with Crippen molar-refractivity contribution in [1.29, 1.82) is 0 Å². The first-order valence-electron chi connectivity index (χ1n) is 6.18. The van der Waals surface area contributed by atoms with Gasteiger partial charge in [-0.2, -0.15) is 26.3 Å². The molecule has 20 heavy (non-hydrogen) atoms. The van der Waals surface area contributed by atoms with E-state index in [9.17, 15) is 26.3 Å². The van der Waals surface area contributed by atoms with E-state index in [-0.39, 0.29) is 12.1 Å². The number of halogens is 6. The van der Waals surface area contributed by atoms with Gasteiger partial charge in [0.25, 0.3) is 0 Å². The molecule has 1 aromatic carbocycles. The second kappa shape index (κ2) is 5.27. The number of alkyl halides is 6. The van der Waals surface area contributed by atoms with Crippen molar-refractivity contribution >= 4 is 0 Å². The fourth-order valence-electron chi connectivity index (χ4n) is 2.45. The first-order valence-corrected chi connectivity index (χ1v) is 6.18. The Labute approximate surface area is 112 Å². The summed E-state index contributed by atoms with van der Waals surface area (Å²) >= 11 is 0. The maximum absolute atomic E-state index is 12.9. The van der Waals surface area contributed by atoms with E-state index in [1.807, 2.05) is 0 Å². The number of benzene rings is 1. The Morgan fingerprint density at radius 2 is 1.70 bits per heavy atom. The van der Waals surface area contributed by atoms with Crippen LogP contribution >= 0.6 is 0 Å². The molecule has 7 heteroatoms. The minimum Gasteiger partial charge on any atom is -0.316 e. The Bertz CT molecular complexity index is 471. The van der Waals surface area contributed by atoms with Crippen molar-refractivity contribution < 1.29 is 26.3 Å². The third-order valence-corrected chi connectivity index (χ3v) is 3.42. The topological polar surface area (TPSA) is 12.0 Å². The highest BCUT2D eigenvalue weighted by Gasteiger charge is 2.38. The maximum Gasteiger partial charge on any atom is 0.416 e. The zero-order valence-electron chi connectivity index (χ0n) is 10.4. The third kappa shape index (κ3) is 3.26. The standard InChI is InChI=1S/C13H13F6N/c14-12(15,16)9-3-4-11(13(17,18)19)10(6-9)8-2-1-5-20-7-8/h3-4,6,8,20H,1-2,5,7H2. The lowest BCUT2D eigenvalue weighted by Gasteiger charge is -2.26. The van der Waals surface area contributed by atoms with Gasteiger partial charge in [0.15, 0.2) is 0 Å². The van der Waals surface area contributed by atoms with Gasteiger partial charge in [-0.05, 0) is 49.1 Å². The van der Waals surface area contributed by atoms with E-state index >= 15 is 0 Å². The Morgan fingerprint density at radius 1 is 1.00 bits per heavy atom. The number of rotatable bonds is 1. The van der Waals surface area contributed by atoms with Crippen LogP contribution in [0.25, 0.3) is 0 Å². The molecule has 0 bridgehead atoms. The maximum atomic E-state index is 12.9. The minimum absolute atomic E-state index is 0.264. The first-order chi connectivity index (χ1) is 9.19. The van der Waals surface area contributed by atoms with Gasteiger partial charge in [-0.1, -0.05) is 0 Å². The monoisotopic (exact) mass is 297 g/mol. The molecule has 0 aromatic heterocycles. The zero-order chi connectivity index (χ0) is 15.0. The molecule has 2 rings (SSSR count). The first kappa shape index (κ1) is 15.2. The SMILES string of the molecule is FC(F)(F)c1ccc(C(F)(F)F)c(C2CCCNC2)c1. The van der Waals surface area contributed by atoms with Crippen molar-refractivity contribution in [3.63, 3.8) is 0 Å². The molecular weight excluding hydrogens is 284 g/mol. The highest BCUT2D eigenvalue weighted by atomic mass is 19.4. The molecule has 1 fully saturated rings. The highest BCUT2D eigenvalue weighted by Crippen LogP contribution is 2.40.